The van der Waals surface area contributed by atoms with Gasteiger partial charge in [-0.3, -0.25) is 10.1 Å². The van der Waals surface area contributed by atoms with Gasteiger partial charge in [-0.05, 0) is 12.8 Å². The zero-order valence-electron chi connectivity index (χ0n) is 15.3. The van der Waals surface area contributed by atoms with Crippen molar-refractivity contribution in [1.29, 1.82) is 0 Å². The predicted molar refractivity (Wildman–Crippen MR) is 87.1 cm³/mol. The molecular formula is C16H29NO8. The summed E-state index contributed by atoms with van der Waals surface area (Å²) in [6.45, 7) is 0.290. The summed E-state index contributed by atoms with van der Waals surface area (Å²) < 4.78 is 33.9. The molecule has 1 aliphatic carbocycles. The predicted octanol–water partition coefficient (Wildman–Crippen LogP) is 1.01. The minimum atomic E-state index is -0.785. The monoisotopic (exact) mass is 363 g/mol. The molecule has 7 atom stereocenters. The molecule has 2 fully saturated rings. The first kappa shape index (κ1) is 20.5. The van der Waals surface area contributed by atoms with Crippen molar-refractivity contribution in [1.82, 2.24) is 0 Å². The molecule has 1 saturated heterocycles. The van der Waals surface area contributed by atoms with Crippen molar-refractivity contribution in [2.24, 2.45) is 0 Å². The van der Waals surface area contributed by atoms with Crippen LogP contribution >= 0.6 is 0 Å². The Labute approximate surface area is 148 Å². The smallest absolute Gasteiger partial charge is 0.238 e. The minimum Gasteiger partial charge on any atom is -0.382 e. The lowest BCUT2D eigenvalue weighted by Gasteiger charge is -2.45. The van der Waals surface area contributed by atoms with E-state index in [-0.39, 0.29) is 11.5 Å². The Hall–Kier alpha value is -0.840. The van der Waals surface area contributed by atoms with Crippen LogP contribution in [0.15, 0.2) is 0 Å². The quantitative estimate of drug-likeness (QED) is 0.465. The second-order valence-corrected chi connectivity index (χ2v) is 6.41. The first-order chi connectivity index (χ1) is 12.1. The number of ether oxygens (including phenoxy) is 6. The fraction of sp³-hybridized carbons (Fsp3) is 1.00. The first-order valence-corrected chi connectivity index (χ1v) is 8.59. The van der Waals surface area contributed by atoms with E-state index in [4.69, 9.17) is 28.4 Å². The van der Waals surface area contributed by atoms with Gasteiger partial charge in [0, 0.05) is 39.8 Å². The number of rotatable bonds is 8. The molecule has 0 aromatic carbocycles. The normalized spacial score (nSPS) is 39.3. The van der Waals surface area contributed by atoms with Gasteiger partial charge in [-0.25, -0.2) is 0 Å². The summed E-state index contributed by atoms with van der Waals surface area (Å²) in [6.07, 6.45) is -0.234. The summed E-state index contributed by atoms with van der Waals surface area (Å²) in [5, 5.41) is 11.3. The van der Waals surface area contributed by atoms with E-state index in [2.05, 4.69) is 0 Å². The van der Waals surface area contributed by atoms with Crippen molar-refractivity contribution in [3.05, 3.63) is 10.1 Å². The number of hydrogen-bond donors (Lipinski definition) is 0. The van der Waals surface area contributed by atoms with Crippen molar-refractivity contribution in [2.75, 3.05) is 35.0 Å². The van der Waals surface area contributed by atoms with Crippen LogP contribution in [-0.2, 0) is 28.4 Å². The first-order valence-electron chi connectivity index (χ1n) is 8.59. The maximum Gasteiger partial charge on any atom is 0.238 e. The lowest BCUT2D eigenvalue weighted by Crippen LogP contribution is -2.62. The Kier molecular flexibility index (Phi) is 7.98. The molecule has 0 aromatic rings. The lowest BCUT2D eigenvalue weighted by molar-refractivity contribution is -0.543. The Balaban J connectivity index is 2.16. The van der Waals surface area contributed by atoms with Gasteiger partial charge in [0.2, 0.25) is 6.04 Å². The summed E-state index contributed by atoms with van der Waals surface area (Å²) in [6, 6.07) is -0.725. The second-order valence-electron chi connectivity index (χ2n) is 6.41. The Morgan fingerprint density at radius 2 is 1.64 bits per heavy atom. The van der Waals surface area contributed by atoms with E-state index >= 15 is 0 Å². The van der Waals surface area contributed by atoms with Crippen LogP contribution in [0.3, 0.4) is 0 Å². The third-order valence-electron chi connectivity index (χ3n) is 4.99. The standard InChI is InChI=1S/C16H29NO8/c1-20-9-12-13(21-2)14(22-3)15(23-4)16(25-12)24-11-8-6-5-7-10(11)17(18)19/h10-16H,5-9H2,1-4H3/t10-,11+,12-,13-,14+,15-,16?/m1/s1. The molecule has 25 heavy (non-hydrogen) atoms. The van der Waals surface area contributed by atoms with E-state index in [0.717, 1.165) is 12.8 Å². The Bertz CT molecular complexity index is 423. The van der Waals surface area contributed by atoms with Gasteiger partial charge < -0.3 is 28.4 Å². The molecule has 2 aliphatic rings. The highest BCUT2D eigenvalue weighted by atomic mass is 16.7. The molecule has 0 N–H and O–H groups in total. The highest BCUT2D eigenvalue weighted by Gasteiger charge is 2.49. The molecule has 146 valence electrons. The zero-order chi connectivity index (χ0) is 18.4. The number of methoxy groups -OCH3 is 4. The fourth-order valence-corrected chi connectivity index (χ4v) is 3.74. The van der Waals surface area contributed by atoms with Gasteiger partial charge in [-0.2, -0.15) is 0 Å². The van der Waals surface area contributed by atoms with E-state index in [1.165, 1.54) is 7.11 Å². The molecular weight excluding hydrogens is 334 g/mol. The molecule has 2 rings (SSSR count). The van der Waals surface area contributed by atoms with E-state index in [1.54, 1.807) is 21.3 Å². The van der Waals surface area contributed by atoms with Gasteiger partial charge in [0.25, 0.3) is 0 Å². The molecule has 1 saturated carbocycles. The number of nitrogens with zero attached hydrogens (tertiary/aromatic N) is 1. The highest BCUT2D eigenvalue weighted by molar-refractivity contribution is 4.93. The van der Waals surface area contributed by atoms with Crippen LogP contribution < -0.4 is 0 Å². The average Bonchev–Trinajstić information content (AvgIpc) is 2.61. The molecule has 0 aromatic heterocycles. The van der Waals surface area contributed by atoms with Gasteiger partial charge in [0.05, 0.1) is 6.61 Å². The largest absolute Gasteiger partial charge is 0.382 e. The Morgan fingerprint density at radius 3 is 2.20 bits per heavy atom. The van der Waals surface area contributed by atoms with Crippen LogP contribution in [-0.4, -0.2) is 82.8 Å². The van der Waals surface area contributed by atoms with Crippen molar-refractivity contribution in [3.63, 3.8) is 0 Å². The Morgan fingerprint density at radius 1 is 1.00 bits per heavy atom. The third kappa shape index (κ3) is 4.66. The third-order valence-corrected chi connectivity index (χ3v) is 4.99. The van der Waals surface area contributed by atoms with E-state index < -0.39 is 42.9 Å². The van der Waals surface area contributed by atoms with Crippen LogP contribution in [0, 0.1) is 10.1 Å². The minimum absolute atomic E-state index is 0.257. The summed E-state index contributed by atoms with van der Waals surface area (Å²) in [4.78, 5) is 11.1. The molecule has 9 heteroatoms. The molecule has 1 heterocycles. The van der Waals surface area contributed by atoms with Gasteiger partial charge in [-0.1, -0.05) is 6.42 Å². The fourth-order valence-electron chi connectivity index (χ4n) is 3.74. The molecule has 0 spiro atoms. The van der Waals surface area contributed by atoms with Crippen LogP contribution in [0.2, 0.25) is 0 Å². The van der Waals surface area contributed by atoms with Crippen molar-refractivity contribution < 1.29 is 33.3 Å². The SMILES string of the molecule is COC[C@H]1OC(O[C@H]2CCCC[C@H]2[N+](=O)[O-])[C@H](OC)[C@@H](OC)[C@@H]1OC. The molecule has 0 bridgehead atoms. The molecule has 9 nitrogen and oxygen atoms in total. The summed E-state index contributed by atoms with van der Waals surface area (Å²) in [7, 11) is 6.24. The van der Waals surface area contributed by atoms with Gasteiger partial charge in [-0.15, -0.1) is 0 Å². The van der Waals surface area contributed by atoms with Crippen molar-refractivity contribution in [3.8, 4) is 0 Å². The van der Waals surface area contributed by atoms with Crippen LogP contribution in [0.1, 0.15) is 25.7 Å². The molecule has 1 unspecified atom stereocenters. The molecule has 0 amide bonds. The van der Waals surface area contributed by atoms with E-state index in [1.807, 2.05) is 0 Å². The topological polar surface area (TPSA) is 98.5 Å². The average molecular weight is 363 g/mol. The molecule has 1 aliphatic heterocycles. The maximum absolute atomic E-state index is 11.3. The maximum atomic E-state index is 11.3. The number of hydrogen-bond acceptors (Lipinski definition) is 8. The molecule has 0 radical (unpaired) electrons. The summed E-state index contributed by atoms with van der Waals surface area (Å²) in [5.74, 6) is 0. The van der Waals surface area contributed by atoms with Gasteiger partial charge in [0.1, 0.15) is 30.5 Å². The van der Waals surface area contributed by atoms with Crippen LogP contribution in [0.4, 0.5) is 0 Å². The van der Waals surface area contributed by atoms with E-state index in [9.17, 15) is 10.1 Å². The highest BCUT2D eigenvalue weighted by Crippen LogP contribution is 2.32. The van der Waals surface area contributed by atoms with Crippen molar-refractivity contribution in [2.45, 2.75) is 68.5 Å². The van der Waals surface area contributed by atoms with Crippen LogP contribution in [0.5, 0.6) is 0 Å². The van der Waals surface area contributed by atoms with Crippen LogP contribution in [0.25, 0.3) is 0 Å². The van der Waals surface area contributed by atoms with Crippen molar-refractivity contribution >= 4 is 0 Å². The lowest BCUT2D eigenvalue weighted by atomic mass is 9.92. The zero-order valence-corrected chi connectivity index (χ0v) is 15.3. The van der Waals surface area contributed by atoms with Gasteiger partial charge in [0.15, 0.2) is 6.29 Å². The second kappa shape index (κ2) is 9.75. The number of nitro groups is 1. The van der Waals surface area contributed by atoms with Gasteiger partial charge >= 0.3 is 0 Å². The van der Waals surface area contributed by atoms with E-state index in [0.29, 0.717) is 12.8 Å². The summed E-state index contributed by atoms with van der Waals surface area (Å²) in [5.41, 5.74) is 0. The summed E-state index contributed by atoms with van der Waals surface area (Å²) >= 11 is 0.